The van der Waals surface area contributed by atoms with Gasteiger partial charge in [0.05, 0.1) is 4.90 Å². The highest BCUT2D eigenvalue weighted by Crippen LogP contribution is 2.32. The summed E-state index contributed by atoms with van der Waals surface area (Å²) >= 11 is 0. The Labute approximate surface area is 128 Å². The molecule has 1 saturated carbocycles. The van der Waals surface area contributed by atoms with Gasteiger partial charge in [-0.15, -0.1) is 0 Å². The van der Waals surface area contributed by atoms with Crippen molar-refractivity contribution in [3.05, 3.63) is 29.8 Å². The fourth-order valence-electron chi connectivity index (χ4n) is 2.97. The zero-order chi connectivity index (χ0) is 15.5. The van der Waals surface area contributed by atoms with Gasteiger partial charge in [-0.1, -0.05) is 39.0 Å². The molecule has 4 nitrogen and oxygen atoms in total. The van der Waals surface area contributed by atoms with Crippen molar-refractivity contribution >= 4 is 10.0 Å². The molecule has 0 spiro atoms. The summed E-state index contributed by atoms with van der Waals surface area (Å²) in [5.74, 6) is 0.968. The van der Waals surface area contributed by atoms with Gasteiger partial charge in [0.1, 0.15) is 0 Å². The molecule has 0 heterocycles. The van der Waals surface area contributed by atoms with E-state index in [0.29, 0.717) is 23.3 Å². The zero-order valence-corrected chi connectivity index (χ0v) is 13.9. The van der Waals surface area contributed by atoms with Crippen LogP contribution in [0.25, 0.3) is 0 Å². The summed E-state index contributed by atoms with van der Waals surface area (Å²) in [4.78, 5) is 0.401. The Kier molecular flexibility index (Phi) is 5.41. The Morgan fingerprint density at radius 3 is 2.52 bits per heavy atom. The molecule has 21 heavy (non-hydrogen) atoms. The molecule has 1 aromatic rings. The highest BCUT2D eigenvalue weighted by molar-refractivity contribution is 7.89. The molecular formula is C16H26N2O2S. The Morgan fingerprint density at radius 1 is 1.19 bits per heavy atom. The number of hydrogen-bond acceptors (Lipinski definition) is 3. The van der Waals surface area contributed by atoms with Crippen LogP contribution in [-0.2, 0) is 16.6 Å². The van der Waals surface area contributed by atoms with E-state index in [4.69, 9.17) is 0 Å². The van der Waals surface area contributed by atoms with Crippen LogP contribution in [-0.4, -0.2) is 21.0 Å². The molecule has 1 aromatic carbocycles. The molecule has 3 unspecified atom stereocenters. The summed E-state index contributed by atoms with van der Waals surface area (Å²) in [6, 6.07) is 7.28. The fraction of sp³-hybridized carbons (Fsp3) is 0.625. The quantitative estimate of drug-likeness (QED) is 0.849. The normalized spacial score (nSPS) is 26.1. The van der Waals surface area contributed by atoms with Crippen LogP contribution in [0.1, 0.15) is 39.2 Å². The molecule has 1 fully saturated rings. The Morgan fingerprint density at radius 2 is 1.90 bits per heavy atom. The smallest absolute Gasteiger partial charge is 0.241 e. The SMILES string of the molecule is CCNCc1ccccc1S(=O)(=O)NC1CCC(C)C1C. The second-order valence-electron chi connectivity index (χ2n) is 6.03. The zero-order valence-electron chi connectivity index (χ0n) is 13.1. The van der Waals surface area contributed by atoms with Crippen molar-refractivity contribution < 1.29 is 8.42 Å². The second kappa shape index (κ2) is 6.90. The van der Waals surface area contributed by atoms with E-state index in [1.807, 2.05) is 19.1 Å². The summed E-state index contributed by atoms with van der Waals surface area (Å²) in [6.07, 6.45) is 2.02. The number of nitrogens with one attached hydrogen (secondary N) is 2. The minimum atomic E-state index is -3.45. The molecular weight excluding hydrogens is 284 g/mol. The summed E-state index contributed by atoms with van der Waals surface area (Å²) in [7, 11) is -3.45. The van der Waals surface area contributed by atoms with Crippen LogP contribution in [0.2, 0.25) is 0 Å². The molecule has 1 aliphatic carbocycles. The third-order valence-electron chi connectivity index (χ3n) is 4.60. The molecule has 0 aromatic heterocycles. The van der Waals surface area contributed by atoms with Gasteiger partial charge in [-0.2, -0.15) is 0 Å². The Balaban J connectivity index is 2.20. The van der Waals surface area contributed by atoms with E-state index in [9.17, 15) is 8.42 Å². The summed E-state index contributed by atoms with van der Waals surface area (Å²) in [6.45, 7) is 7.73. The third-order valence-corrected chi connectivity index (χ3v) is 6.19. The molecule has 2 rings (SSSR count). The molecule has 5 heteroatoms. The van der Waals surface area contributed by atoms with Gasteiger partial charge in [-0.3, -0.25) is 0 Å². The van der Waals surface area contributed by atoms with E-state index >= 15 is 0 Å². The Bertz CT molecular complexity index is 571. The maximum atomic E-state index is 12.7. The van der Waals surface area contributed by atoms with E-state index < -0.39 is 10.0 Å². The average molecular weight is 310 g/mol. The lowest BCUT2D eigenvalue weighted by Gasteiger charge is -2.20. The predicted molar refractivity (Wildman–Crippen MR) is 85.5 cm³/mol. The van der Waals surface area contributed by atoms with Gasteiger partial charge in [0.2, 0.25) is 10.0 Å². The van der Waals surface area contributed by atoms with E-state index in [1.54, 1.807) is 12.1 Å². The first-order valence-corrected chi connectivity index (χ1v) is 9.25. The number of rotatable bonds is 6. The van der Waals surface area contributed by atoms with Crippen molar-refractivity contribution in [3.8, 4) is 0 Å². The first kappa shape index (κ1) is 16.5. The molecule has 2 N–H and O–H groups in total. The van der Waals surface area contributed by atoms with E-state index in [-0.39, 0.29) is 6.04 Å². The van der Waals surface area contributed by atoms with Crippen molar-refractivity contribution in [1.29, 1.82) is 0 Å². The van der Waals surface area contributed by atoms with Crippen LogP contribution < -0.4 is 10.0 Å². The standard InChI is InChI=1S/C16H26N2O2S/c1-4-17-11-14-7-5-6-8-16(14)21(19,20)18-15-10-9-12(2)13(15)3/h5-8,12-13,15,17-18H,4,9-11H2,1-3H3. The van der Waals surface area contributed by atoms with Gasteiger partial charge in [0.25, 0.3) is 0 Å². The summed E-state index contributed by atoms with van der Waals surface area (Å²) < 4.78 is 28.3. The topological polar surface area (TPSA) is 58.2 Å². The minimum Gasteiger partial charge on any atom is -0.313 e. The van der Waals surface area contributed by atoms with E-state index in [0.717, 1.165) is 24.9 Å². The summed E-state index contributed by atoms with van der Waals surface area (Å²) in [5, 5.41) is 3.19. The maximum Gasteiger partial charge on any atom is 0.241 e. The molecule has 0 aliphatic heterocycles. The molecule has 3 atom stereocenters. The predicted octanol–water partition coefficient (Wildman–Crippen LogP) is 2.51. The minimum absolute atomic E-state index is 0.0530. The molecule has 0 saturated heterocycles. The van der Waals surface area contributed by atoms with Crippen molar-refractivity contribution in [1.82, 2.24) is 10.0 Å². The second-order valence-corrected chi connectivity index (χ2v) is 7.71. The average Bonchev–Trinajstić information content (AvgIpc) is 2.77. The number of hydrogen-bond donors (Lipinski definition) is 2. The van der Waals surface area contributed by atoms with Gasteiger partial charge in [0, 0.05) is 12.6 Å². The molecule has 1 aliphatic rings. The van der Waals surface area contributed by atoms with Crippen LogP contribution in [0.3, 0.4) is 0 Å². The van der Waals surface area contributed by atoms with E-state index in [1.165, 1.54) is 0 Å². The van der Waals surface area contributed by atoms with Crippen molar-refractivity contribution in [2.75, 3.05) is 6.54 Å². The van der Waals surface area contributed by atoms with Crippen LogP contribution in [0, 0.1) is 11.8 Å². The lowest BCUT2D eigenvalue weighted by molar-refractivity contribution is 0.402. The van der Waals surface area contributed by atoms with Gasteiger partial charge in [-0.05, 0) is 42.9 Å². The first-order valence-electron chi connectivity index (χ1n) is 7.76. The van der Waals surface area contributed by atoms with E-state index in [2.05, 4.69) is 23.9 Å². The lowest BCUT2D eigenvalue weighted by atomic mass is 9.98. The Hall–Kier alpha value is -0.910. The fourth-order valence-corrected chi connectivity index (χ4v) is 4.57. The third kappa shape index (κ3) is 3.84. The molecule has 0 radical (unpaired) electrons. The van der Waals surface area contributed by atoms with Gasteiger partial charge in [0.15, 0.2) is 0 Å². The largest absolute Gasteiger partial charge is 0.313 e. The van der Waals surface area contributed by atoms with Crippen molar-refractivity contribution in [3.63, 3.8) is 0 Å². The molecule has 0 bridgehead atoms. The highest BCUT2D eigenvalue weighted by Gasteiger charge is 2.33. The van der Waals surface area contributed by atoms with Crippen LogP contribution in [0.15, 0.2) is 29.2 Å². The molecule has 118 valence electrons. The van der Waals surface area contributed by atoms with Crippen LogP contribution in [0.5, 0.6) is 0 Å². The first-order chi connectivity index (χ1) is 9.95. The van der Waals surface area contributed by atoms with Gasteiger partial charge >= 0.3 is 0 Å². The number of benzene rings is 1. The van der Waals surface area contributed by atoms with Crippen molar-refractivity contribution in [2.45, 2.75) is 51.1 Å². The summed E-state index contributed by atoms with van der Waals surface area (Å²) in [5.41, 5.74) is 0.825. The maximum absolute atomic E-state index is 12.7. The molecule has 0 amide bonds. The van der Waals surface area contributed by atoms with Crippen LogP contribution >= 0.6 is 0 Å². The van der Waals surface area contributed by atoms with Gasteiger partial charge in [-0.25, -0.2) is 13.1 Å². The van der Waals surface area contributed by atoms with Gasteiger partial charge < -0.3 is 5.32 Å². The highest BCUT2D eigenvalue weighted by atomic mass is 32.2. The monoisotopic (exact) mass is 310 g/mol. The van der Waals surface area contributed by atoms with Crippen LogP contribution in [0.4, 0.5) is 0 Å². The van der Waals surface area contributed by atoms with Crippen molar-refractivity contribution in [2.24, 2.45) is 11.8 Å². The lowest BCUT2D eigenvalue weighted by Crippen LogP contribution is -2.37. The number of sulfonamides is 1.